The van der Waals surface area contributed by atoms with Crippen LogP contribution in [0.1, 0.15) is 21.7 Å². The van der Waals surface area contributed by atoms with Crippen LogP contribution in [-0.2, 0) is 6.54 Å². The van der Waals surface area contributed by atoms with Crippen molar-refractivity contribution in [3.63, 3.8) is 0 Å². The van der Waals surface area contributed by atoms with Crippen LogP contribution >= 0.6 is 0 Å². The highest BCUT2D eigenvalue weighted by molar-refractivity contribution is 5.90. The summed E-state index contributed by atoms with van der Waals surface area (Å²) in [6.45, 7) is 2.25. The number of carboxylic acid groups (broad SMARTS) is 1. The molecular formula is C14H14FN3O2. The predicted molar refractivity (Wildman–Crippen MR) is 74.1 cm³/mol. The number of aromatic nitrogens is 1. The number of pyridine rings is 1. The first kappa shape index (κ1) is 13.8. The summed E-state index contributed by atoms with van der Waals surface area (Å²) in [4.78, 5) is 15.1. The molecule has 6 heteroatoms. The van der Waals surface area contributed by atoms with Gasteiger partial charge in [-0.1, -0.05) is 6.07 Å². The fraction of sp³-hybridized carbons (Fsp3) is 0.143. The van der Waals surface area contributed by atoms with Crippen LogP contribution < -0.4 is 11.1 Å². The molecule has 0 amide bonds. The van der Waals surface area contributed by atoms with Gasteiger partial charge in [0, 0.05) is 5.69 Å². The number of anilines is 2. The second-order valence-corrected chi connectivity index (χ2v) is 4.35. The van der Waals surface area contributed by atoms with E-state index in [0.717, 1.165) is 23.5 Å². The number of aromatic carboxylic acids is 1. The quantitative estimate of drug-likeness (QED) is 0.746. The Morgan fingerprint density at radius 1 is 1.45 bits per heavy atom. The lowest BCUT2D eigenvalue weighted by Gasteiger charge is -2.10. The molecular weight excluding hydrogens is 261 g/mol. The number of carbonyl (C=O) groups is 1. The summed E-state index contributed by atoms with van der Waals surface area (Å²) in [5.74, 6) is -2.17. The standard InChI is InChI=1S/C14H14FN3O2/c1-8-3-2-4-9(18-8)7-17-13-6-11(15)10(14(19)20)5-12(13)16/h2-6,17H,7,16H2,1H3,(H,19,20). The van der Waals surface area contributed by atoms with E-state index in [9.17, 15) is 9.18 Å². The maximum Gasteiger partial charge on any atom is 0.338 e. The van der Waals surface area contributed by atoms with E-state index in [4.69, 9.17) is 10.8 Å². The SMILES string of the molecule is Cc1cccc(CNc2cc(F)c(C(=O)O)cc2N)n1. The van der Waals surface area contributed by atoms with E-state index in [0.29, 0.717) is 12.2 Å². The molecule has 0 spiro atoms. The van der Waals surface area contributed by atoms with E-state index >= 15 is 0 Å². The Bertz CT molecular complexity index is 659. The number of halogens is 1. The second kappa shape index (κ2) is 5.56. The van der Waals surface area contributed by atoms with E-state index in [1.165, 1.54) is 0 Å². The van der Waals surface area contributed by atoms with E-state index in [1.807, 2.05) is 25.1 Å². The number of nitrogens with two attached hydrogens (primary N) is 1. The molecule has 0 saturated carbocycles. The summed E-state index contributed by atoms with van der Waals surface area (Å²) in [5, 5.41) is 11.7. The zero-order valence-corrected chi connectivity index (χ0v) is 10.9. The van der Waals surface area contributed by atoms with Gasteiger partial charge in [-0.2, -0.15) is 0 Å². The lowest BCUT2D eigenvalue weighted by molar-refractivity contribution is 0.0692. The first-order valence-corrected chi connectivity index (χ1v) is 5.96. The number of carboxylic acids is 1. The van der Waals surface area contributed by atoms with Crippen LogP contribution in [0.3, 0.4) is 0 Å². The lowest BCUT2D eigenvalue weighted by Crippen LogP contribution is -2.08. The fourth-order valence-electron chi connectivity index (χ4n) is 1.79. The number of nitrogen functional groups attached to an aromatic ring is 1. The van der Waals surface area contributed by atoms with Crippen LogP contribution in [0.15, 0.2) is 30.3 Å². The van der Waals surface area contributed by atoms with Crippen molar-refractivity contribution in [2.75, 3.05) is 11.1 Å². The Balaban J connectivity index is 2.18. The normalized spacial score (nSPS) is 10.3. The van der Waals surface area contributed by atoms with Crippen LogP contribution in [0.2, 0.25) is 0 Å². The Morgan fingerprint density at radius 3 is 2.85 bits per heavy atom. The van der Waals surface area contributed by atoms with Crippen LogP contribution in [0.4, 0.5) is 15.8 Å². The topological polar surface area (TPSA) is 88.2 Å². The number of nitrogens with one attached hydrogen (secondary N) is 1. The molecule has 1 aromatic carbocycles. The average molecular weight is 275 g/mol. The highest BCUT2D eigenvalue weighted by Crippen LogP contribution is 2.23. The van der Waals surface area contributed by atoms with Gasteiger partial charge in [-0.25, -0.2) is 9.18 Å². The summed E-state index contributed by atoms with van der Waals surface area (Å²) < 4.78 is 13.6. The zero-order valence-electron chi connectivity index (χ0n) is 10.9. The molecule has 0 unspecified atom stereocenters. The molecule has 4 N–H and O–H groups in total. The van der Waals surface area contributed by atoms with Gasteiger partial charge in [0.25, 0.3) is 0 Å². The van der Waals surface area contributed by atoms with Crippen LogP contribution in [0.5, 0.6) is 0 Å². The third kappa shape index (κ3) is 3.03. The van der Waals surface area contributed by atoms with Gasteiger partial charge in [-0.15, -0.1) is 0 Å². The largest absolute Gasteiger partial charge is 0.478 e. The molecule has 0 aliphatic carbocycles. The first-order chi connectivity index (χ1) is 9.47. The number of aryl methyl sites for hydroxylation is 1. The molecule has 0 fully saturated rings. The van der Waals surface area contributed by atoms with Crippen LogP contribution in [0.25, 0.3) is 0 Å². The molecule has 2 rings (SSSR count). The summed E-state index contributed by atoms with van der Waals surface area (Å²) in [7, 11) is 0. The summed E-state index contributed by atoms with van der Waals surface area (Å²) in [6, 6.07) is 7.76. The average Bonchev–Trinajstić information content (AvgIpc) is 2.39. The minimum Gasteiger partial charge on any atom is -0.478 e. The van der Waals surface area contributed by atoms with Crippen molar-refractivity contribution in [2.24, 2.45) is 0 Å². The van der Waals surface area contributed by atoms with Crippen molar-refractivity contribution in [3.8, 4) is 0 Å². The molecule has 1 aromatic heterocycles. The third-order valence-electron chi connectivity index (χ3n) is 2.78. The highest BCUT2D eigenvalue weighted by atomic mass is 19.1. The molecule has 2 aromatic rings. The first-order valence-electron chi connectivity index (χ1n) is 5.96. The minimum atomic E-state index is -1.35. The smallest absolute Gasteiger partial charge is 0.338 e. The number of rotatable bonds is 4. The van der Waals surface area contributed by atoms with Gasteiger partial charge >= 0.3 is 5.97 Å². The highest BCUT2D eigenvalue weighted by Gasteiger charge is 2.13. The molecule has 0 radical (unpaired) electrons. The van der Waals surface area contributed by atoms with Crippen molar-refractivity contribution >= 4 is 17.3 Å². The van der Waals surface area contributed by atoms with Crippen molar-refractivity contribution in [3.05, 3.63) is 53.1 Å². The Hall–Kier alpha value is -2.63. The van der Waals surface area contributed by atoms with Crippen LogP contribution in [-0.4, -0.2) is 16.1 Å². The summed E-state index contributed by atoms with van der Waals surface area (Å²) in [6.07, 6.45) is 0. The molecule has 104 valence electrons. The van der Waals surface area contributed by atoms with E-state index in [2.05, 4.69) is 10.3 Å². The van der Waals surface area contributed by atoms with Gasteiger partial charge < -0.3 is 16.2 Å². The minimum absolute atomic E-state index is 0.177. The van der Waals surface area contributed by atoms with E-state index in [1.54, 1.807) is 0 Å². The van der Waals surface area contributed by atoms with E-state index < -0.39 is 17.3 Å². The van der Waals surface area contributed by atoms with Gasteiger partial charge in [-0.05, 0) is 31.2 Å². The zero-order chi connectivity index (χ0) is 14.7. The van der Waals surface area contributed by atoms with Gasteiger partial charge in [0.15, 0.2) is 0 Å². The maximum absolute atomic E-state index is 13.6. The van der Waals surface area contributed by atoms with Crippen molar-refractivity contribution in [1.82, 2.24) is 4.98 Å². The number of nitrogens with zero attached hydrogens (tertiary/aromatic N) is 1. The Morgan fingerprint density at radius 2 is 2.20 bits per heavy atom. The maximum atomic E-state index is 13.6. The van der Waals surface area contributed by atoms with Crippen LogP contribution in [0, 0.1) is 12.7 Å². The Labute approximate surface area is 115 Å². The van der Waals surface area contributed by atoms with Crippen molar-refractivity contribution in [1.29, 1.82) is 0 Å². The summed E-state index contributed by atoms with van der Waals surface area (Å²) in [5.41, 5.74) is 7.45. The van der Waals surface area contributed by atoms with E-state index in [-0.39, 0.29) is 5.69 Å². The molecule has 20 heavy (non-hydrogen) atoms. The lowest BCUT2D eigenvalue weighted by atomic mass is 10.1. The molecule has 5 nitrogen and oxygen atoms in total. The van der Waals surface area contributed by atoms with Gasteiger partial charge in [0.2, 0.25) is 0 Å². The fourth-order valence-corrected chi connectivity index (χ4v) is 1.79. The molecule has 0 aliphatic rings. The number of hydrogen-bond acceptors (Lipinski definition) is 4. The second-order valence-electron chi connectivity index (χ2n) is 4.35. The number of hydrogen-bond donors (Lipinski definition) is 3. The predicted octanol–water partition coefficient (Wildman–Crippen LogP) is 2.42. The molecule has 0 atom stereocenters. The Kier molecular flexibility index (Phi) is 3.84. The molecule has 0 bridgehead atoms. The summed E-state index contributed by atoms with van der Waals surface area (Å²) >= 11 is 0. The van der Waals surface area contributed by atoms with Crippen molar-refractivity contribution in [2.45, 2.75) is 13.5 Å². The van der Waals surface area contributed by atoms with Crippen molar-refractivity contribution < 1.29 is 14.3 Å². The third-order valence-corrected chi connectivity index (χ3v) is 2.78. The monoisotopic (exact) mass is 275 g/mol. The van der Waals surface area contributed by atoms with Gasteiger partial charge in [0.05, 0.1) is 29.2 Å². The van der Waals surface area contributed by atoms with Gasteiger partial charge in [0.1, 0.15) is 5.82 Å². The molecule has 0 saturated heterocycles. The van der Waals surface area contributed by atoms with Gasteiger partial charge in [-0.3, -0.25) is 4.98 Å². The number of benzene rings is 1. The molecule has 1 heterocycles. The molecule has 0 aliphatic heterocycles.